The van der Waals surface area contributed by atoms with Gasteiger partial charge in [0.1, 0.15) is 6.79 Å². The number of carbonyl (C=O) groups excluding carboxylic acids is 2. The van der Waals surface area contributed by atoms with E-state index in [1.54, 1.807) is 13.8 Å². The van der Waals surface area contributed by atoms with Crippen molar-refractivity contribution in [3.05, 3.63) is 11.8 Å². The summed E-state index contributed by atoms with van der Waals surface area (Å²) in [5.74, 6) is -1.20. The van der Waals surface area contributed by atoms with Crippen LogP contribution in [0.2, 0.25) is 0 Å². The van der Waals surface area contributed by atoms with E-state index in [4.69, 9.17) is 14.3 Å². The van der Waals surface area contributed by atoms with Gasteiger partial charge in [-0.15, -0.1) is 0 Å². The summed E-state index contributed by atoms with van der Waals surface area (Å²) in [6.45, 7) is 5.61. The van der Waals surface area contributed by atoms with Gasteiger partial charge in [0.05, 0.1) is 25.6 Å². The summed E-state index contributed by atoms with van der Waals surface area (Å²) in [6.07, 6.45) is 1.33. The molecule has 0 N–H and O–H groups in total. The highest BCUT2D eigenvalue weighted by atomic mass is 16.7. The number of esters is 1. The van der Waals surface area contributed by atoms with Crippen LogP contribution in [0.1, 0.15) is 13.8 Å². The first-order valence-electron chi connectivity index (χ1n) is 3.93. The van der Waals surface area contributed by atoms with E-state index >= 15 is 0 Å². The highest BCUT2D eigenvalue weighted by molar-refractivity contribution is 5.89. The zero-order valence-electron chi connectivity index (χ0n) is 8.53. The van der Waals surface area contributed by atoms with Crippen molar-refractivity contribution >= 4 is 12.8 Å². The lowest BCUT2D eigenvalue weighted by Crippen LogP contribution is -2.38. The van der Waals surface area contributed by atoms with Crippen LogP contribution in [0.25, 0.3) is 0 Å². The van der Waals surface area contributed by atoms with Crippen LogP contribution in [-0.2, 0) is 23.8 Å². The average Bonchev–Trinajstić information content (AvgIpc) is 2.13. The Labute approximate surface area is 82.6 Å². The normalized spacial score (nSPS) is 21.9. The second-order valence-electron chi connectivity index (χ2n) is 2.96. The van der Waals surface area contributed by atoms with E-state index in [-0.39, 0.29) is 12.6 Å². The van der Waals surface area contributed by atoms with Crippen molar-refractivity contribution in [3.8, 4) is 0 Å². The molecule has 1 fully saturated rings. The minimum atomic E-state index is -0.817. The van der Waals surface area contributed by atoms with Crippen molar-refractivity contribution in [1.82, 2.24) is 0 Å². The molecule has 0 bridgehead atoms. The van der Waals surface area contributed by atoms with Crippen LogP contribution in [0.3, 0.4) is 0 Å². The molecule has 0 aromatic rings. The average molecular weight is 202 g/mol. The largest absolute Gasteiger partial charge is 0.504 e. The fourth-order valence-electron chi connectivity index (χ4n) is 0.853. The predicted octanol–water partition coefficient (Wildman–Crippen LogP) is 0.641. The van der Waals surface area contributed by atoms with E-state index < -0.39 is 5.79 Å². The maximum atomic E-state index is 11.1. The number of ether oxygens (including phenoxy) is 3. The van der Waals surface area contributed by atoms with Crippen LogP contribution in [0, 0.1) is 0 Å². The Bertz CT molecular complexity index is 231. The Morgan fingerprint density at radius 1 is 1.50 bits per heavy atom. The second-order valence-corrected chi connectivity index (χ2v) is 2.96. The van der Waals surface area contributed by atoms with Gasteiger partial charge in [0.2, 0.25) is 5.79 Å². The molecule has 0 unspecified atom stereocenters. The monoisotopic (exact) mass is 202 g/mol. The quantitative estimate of drug-likeness (QED) is 0.355. The minimum Gasteiger partial charge on any atom is -0.504 e. The molecular formula is C9H14O5. The lowest BCUT2D eigenvalue weighted by atomic mass is 10.2. The maximum Gasteiger partial charge on any atom is 0.342 e. The molecule has 1 heterocycles. The number of cyclic esters (lactones) is 1. The van der Waals surface area contributed by atoms with Gasteiger partial charge in [-0.2, -0.15) is 0 Å². The highest BCUT2D eigenvalue weighted by Crippen LogP contribution is 2.20. The van der Waals surface area contributed by atoms with Gasteiger partial charge in [-0.3, -0.25) is 0 Å². The lowest BCUT2D eigenvalue weighted by molar-refractivity contribution is -0.224. The second kappa shape index (κ2) is 5.39. The first-order chi connectivity index (χ1) is 6.55. The summed E-state index contributed by atoms with van der Waals surface area (Å²) in [6, 6.07) is 0. The molecule has 5 heteroatoms. The number of methoxy groups -OCH3 is 1. The van der Waals surface area contributed by atoms with Gasteiger partial charge in [0.25, 0.3) is 0 Å². The number of hydrogen-bond donors (Lipinski definition) is 0. The summed E-state index contributed by atoms with van der Waals surface area (Å²) in [5, 5.41) is 0. The van der Waals surface area contributed by atoms with Crippen molar-refractivity contribution in [2.75, 3.05) is 13.7 Å². The molecule has 80 valence electrons. The molecule has 0 atom stereocenters. The maximum absolute atomic E-state index is 11.1. The van der Waals surface area contributed by atoms with Gasteiger partial charge in [0.15, 0.2) is 0 Å². The molecule has 1 aliphatic heterocycles. The molecule has 0 amide bonds. The van der Waals surface area contributed by atoms with Crippen molar-refractivity contribution in [1.29, 1.82) is 0 Å². The predicted molar refractivity (Wildman–Crippen MR) is 48.3 cm³/mol. The van der Waals surface area contributed by atoms with E-state index in [1.807, 2.05) is 6.79 Å². The zero-order valence-corrected chi connectivity index (χ0v) is 8.53. The SMILES string of the molecule is C=O.CO/C=C1/COC(C)(C)OC1=O. The Hall–Kier alpha value is -1.36. The van der Waals surface area contributed by atoms with Crippen molar-refractivity contribution in [2.24, 2.45) is 0 Å². The van der Waals surface area contributed by atoms with E-state index in [0.717, 1.165) is 0 Å². The van der Waals surface area contributed by atoms with Crippen LogP contribution < -0.4 is 0 Å². The Kier molecular flexibility index (Phi) is 4.86. The van der Waals surface area contributed by atoms with Crippen LogP contribution in [0.15, 0.2) is 11.8 Å². The molecular weight excluding hydrogens is 188 g/mol. The summed E-state index contributed by atoms with van der Waals surface area (Å²) in [7, 11) is 1.47. The molecule has 0 radical (unpaired) electrons. The molecule has 0 spiro atoms. The van der Waals surface area contributed by atoms with Gasteiger partial charge in [0, 0.05) is 13.8 Å². The Morgan fingerprint density at radius 2 is 2.07 bits per heavy atom. The molecule has 1 saturated heterocycles. The van der Waals surface area contributed by atoms with Crippen LogP contribution in [0.5, 0.6) is 0 Å². The third kappa shape index (κ3) is 3.57. The molecule has 14 heavy (non-hydrogen) atoms. The van der Waals surface area contributed by atoms with Crippen LogP contribution in [0.4, 0.5) is 0 Å². The number of carbonyl (C=O) groups is 2. The third-order valence-corrected chi connectivity index (χ3v) is 1.44. The molecule has 0 aromatic heterocycles. The molecule has 0 aliphatic carbocycles. The molecule has 5 nitrogen and oxygen atoms in total. The van der Waals surface area contributed by atoms with E-state index in [1.165, 1.54) is 13.4 Å². The van der Waals surface area contributed by atoms with Gasteiger partial charge >= 0.3 is 5.97 Å². The Balaban J connectivity index is 0.000000791. The smallest absolute Gasteiger partial charge is 0.342 e. The van der Waals surface area contributed by atoms with Crippen LogP contribution in [-0.4, -0.2) is 32.3 Å². The molecule has 0 aromatic carbocycles. The molecule has 1 aliphatic rings. The zero-order chi connectivity index (χ0) is 11.2. The fraction of sp³-hybridized carbons (Fsp3) is 0.556. The summed E-state index contributed by atoms with van der Waals surface area (Å²) in [4.78, 5) is 19.1. The number of hydrogen-bond acceptors (Lipinski definition) is 5. The van der Waals surface area contributed by atoms with Crippen molar-refractivity contribution < 1.29 is 23.8 Å². The Morgan fingerprint density at radius 3 is 2.50 bits per heavy atom. The lowest BCUT2D eigenvalue weighted by Gasteiger charge is -2.30. The third-order valence-electron chi connectivity index (χ3n) is 1.44. The standard InChI is InChI=1S/C8H12O4.CH2O/c1-8(2)11-5-6(4-10-3)7(9)12-8;1-2/h4H,5H2,1-3H3;1H2/b6-4-;. The first kappa shape index (κ1) is 12.6. The van der Waals surface area contributed by atoms with Gasteiger partial charge in [-0.25, -0.2) is 4.79 Å². The number of rotatable bonds is 1. The summed E-state index contributed by atoms with van der Waals surface area (Å²) in [5.41, 5.74) is 0.400. The van der Waals surface area contributed by atoms with Gasteiger partial charge in [-0.1, -0.05) is 0 Å². The molecule has 0 saturated carbocycles. The van der Waals surface area contributed by atoms with E-state index in [2.05, 4.69) is 4.74 Å². The van der Waals surface area contributed by atoms with Crippen molar-refractivity contribution in [3.63, 3.8) is 0 Å². The molecule has 1 rings (SSSR count). The van der Waals surface area contributed by atoms with E-state index in [0.29, 0.717) is 5.57 Å². The van der Waals surface area contributed by atoms with Gasteiger partial charge < -0.3 is 19.0 Å². The van der Waals surface area contributed by atoms with Crippen molar-refractivity contribution in [2.45, 2.75) is 19.6 Å². The van der Waals surface area contributed by atoms with Crippen LogP contribution >= 0.6 is 0 Å². The topological polar surface area (TPSA) is 61.8 Å². The minimum absolute atomic E-state index is 0.236. The fourth-order valence-corrected chi connectivity index (χ4v) is 0.853. The summed E-state index contributed by atoms with van der Waals surface area (Å²) < 4.78 is 14.8. The first-order valence-corrected chi connectivity index (χ1v) is 3.93. The highest BCUT2D eigenvalue weighted by Gasteiger charge is 2.31. The summed E-state index contributed by atoms with van der Waals surface area (Å²) >= 11 is 0. The van der Waals surface area contributed by atoms with E-state index in [9.17, 15) is 4.79 Å². The van der Waals surface area contributed by atoms with Gasteiger partial charge in [-0.05, 0) is 0 Å².